The minimum absolute atomic E-state index is 0.205. The Morgan fingerprint density at radius 1 is 1.38 bits per heavy atom. The Morgan fingerprint density at radius 2 is 2.15 bits per heavy atom. The summed E-state index contributed by atoms with van der Waals surface area (Å²) in [5.41, 5.74) is 2.68. The van der Waals surface area contributed by atoms with E-state index in [1.165, 1.54) is 17.5 Å². The Bertz CT molecular complexity index is 255. The maximum Gasteiger partial charge on any atom is 0.0793 e. The molecule has 1 aromatic carbocycles. The summed E-state index contributed by atoms with van der Waals surface area (Å²) in [6.07, 6.45) is 2.56. The summed E-state index contributed by atoms with van der Waals surface area (Å²) >= 11 is 0. The van der Waals surface area contributed by atoms with E-state index in [4.69, 9.17) is 4.74 Å². The number of hydrogen-bond donors (Lipinski definition) is 0. The summed E-state index contributed by atoms with van der Waals surface area (Å²) in [6, 6.07) is 8.64. The van der Waals surface area contributed by atoms with E-state index in [0.29, 0.717) is 0 Å². The summed E-state index contributed by atoms with van der Waals surface area (Å²) in [5, 5.41) is 0. The van der Waals surface area contributed by atoms with E-state index in [1.807, 2.05) is 0 Å². The summed E-state index contributed by atoms with van der Waals surface area (Å²) in [4.78, 5) is 0. The molecule has 1 atom stereocenters. The molecule has 0 aliphatic rings. The fourth-order valence-corrected chi connectivity index (χ4v) is 1.43. The molecular formula is C12H18O. The number of aryl methyl sites for hydroxylation is 1. The van der Waals surface area contributed by atoms with E-state index in [0.717, 1.165) is 6.42 Å². The van der Waals surface area contributed by atoms with Crippen LogP contribution in [0, 0.1) is 0 Å². The molecule has 0 saturated heterocycles. The van der Waals surface area contributed by atoms with E-state index in [2.05, 4.69) is 38.1 Å². The molecule has 1 heteroatoms. The molecule has 0 bridgehead atoms. The topological polar surface area (TPSA) is 9.23 Å². The van der Waals surface area contributed by atoms with Gasteiger partial charge in [-0.15, -0.1) is 0 Å². The molecule has 0 saturated carbocycles. The molecule has 0 N–H and O–H groups in total. The lowest BCUT2D eigenvalue weighted by atomic mass is 10.0. The van der Waals surface area contributed by atoms with Gasteiger partial charge < -0.3 is 4.74 Å². The fourth-order valence-electron chi connectivity index (χ4n) is 1.43. The molecule has 0 aliphatic heterocycles. The molecule has 0 aliphatic carbocycles. The molecule has 0 spiro atoms. The van der Waals surface area contributed by atoms with Crippen LogP contribution in [0.5, 0.6) is 0 Å². The van der Waals surface area contributed by atoms with Crippen LogP contribution in [-0.4, -0.2) is 7.11 Å². The highest BCUT2D eigenvalue weighted by Crippen LogP contribution is 2.17. The second-order valence-electron chi connectivity index (χ2n) is 3.37. The van der Waals surface area contributed by atoms with Gasteiger partial charge in [0.05, 0.1) is 6.10 Å². The van der Waals surface area contributed by atoms with Gasteiger partial charge >= 0.3 is 0 Å². The van der Waals surface area contributed by atoms with Gasteiger partial charge in [0, 0.05) is 7.11 Å². The van der Waals surface area contributed by atoms with E-state index in [1.54, 1.807) is 7.11 Å². The molecule has 0 radical (unpaired) electrons. The van der Waals surface area contributed by atoms with Crippen molar-refractivity contribution in [2.24, 2.45) is 0 Å². The number of benzene rings is 1. The molecule has 13 heavy (non-hydrogen) atoms. The Morgan fingerprint density at radius 3 is 2.77 bits per heavy atom. The Kier molecular flexibility index (Phi) is 3.97. The summed E-state index contributed by atoms with van der Waals surface area (Å²) in [7, 11) is 1.75. The summed E-state index contributed by atoms with van der Waals surface area (Å²) < 4.78 is 5.27. The van der Waals surface area contributed by atoms with Gasteiger partial charge in [0.2, 0.25) is 0 Å². The third-order valence-electron chi connectivity index (χ3n) is 2.31. The molecule has 72 valence electrons. The van der Waals surface area contributed by atoms with Crippen LogP contribution in [0.3, 0.4) is 0 Å². The molecule has 1 nitrogen and oxygen atoms in total. The number of rotatable bonds is 4. The molecule has 1 unspecified atom stereocenters. The quantitative estimate of drug-likeness (QED) is 0.687. The Hall–Kier alpha value is -0.820. The van der Waals surface area contributed by atoms with Crippen LogP contribution in [0.1, 0.15) is 37.5 Å². The van der Waals surface area contributed by atoms with Gasteiger partial charge in [-0.3, -0.25) is 0 Å². The van der Waals surface area contributed by atoms with Crippen LogP contribution in [0.2, 0.25) is 0 Å². The van der Waals surface area contributed by atoms with Gasteiger partial charge in [0.25, 0.3) is 0 Å². The average molecular weight is 178 g/mol. The maximum atomic E-state index is 5.27. The zero-order valence-corrected chi connectivity index (χ0v) is 8.71. The predicted molar refractivity (Wildman–Crippen MR) is 55.9 cm³/mol. The zero-order valence-electron chi connectivity index (χ0n) is 8.71. The molecule has 1 rings (SSSR count). The van der Waals surface area contributed by atoms with Crippen LogP contribution in [-0.2, 0) is 11.2 Å². The SMILES string of the molecule is CCCc1cccc(C(C)OC)c1. The second-order valence-corrected chi connectivity index (χ2v) is 3.37. The molecule has 0 heterocycles. The maximum absolute atomic E-state index is 5.27. The van der Waals surface area contributed by atoms with Gasteiger partial charge in [0.15, 0.2) is 0 Å². The number of ether oxygens (including phenoxy) is 1. The lowest BCUT2D eigenvalue weighted by Crippen LogP contribution is -1.96. The fraction of sp³-hybridized carbons (Fsp3) is 0.500. The van der Waals surface area contributed by atoms with Crippen molar-refractivity contribution in [2.75, 3.05) is 7.11 Å². The van der Waals surface area contributed by atoms with Crippen molar-refractivity contribution in [3.8, 4) is 0 Å². The van der Waals surface area contributed by atoms with E-state index in [9.17, 15) is 0 Å². The lowest BCUT2D eigenvalue weighted by Gasteiger charge is -2.10. The summed E-state index contributed by atoms with van der Waals surface area (Å²) in [5.74, 6) is 0. The predicted octanol–water partition coefficient (Wildman–Crippen LogP) is 3.35. The number of methoxy groups -OCH3 is 1. The van der Waals surface area contributed by atoms with Gasteiger partial charge in [0.1, 0.15) is 0 Å². The van der Waals surface area contributed by atoms with E-state index >= 15 is 0 Å². The standard InChI is InChI=1S/C12H18O/c1-4-6-11-7-5-8-12(9-11)10(2)13-3/h5,7-10H,4,6H2,1-3H3. The largest absolute Gasteiger partial charge is 0.377 e. The monoisotopic (exact) mass is 178 g/mol. The molecule has 0 amide bonds. The Labute approximate surface area is 80.7 Å². The van der Waals surface area contributed by atoms with Gasteiger partial charge in [-0.1, -0.05) is 37.6 Å². The van der Waals surface area contributed by atoms with Crippen molar-refractivity contribution in [1.29, 1.82) is 0 Å². The highest BCUT2D eigenvalue weighted by atomic mass is 16.5. The van der Waals surface area contributed by atoms with Gasteiger partial charge in [-0.2, -0.15) is 0 Å². The van der Waals surface area contributed by atoms with Gasteiger partial charge in [-0.05, 0) is 24.5 Å². The molecule has 0 fully saturated rings. The third kappa shape index (κ3) is 2.85. The van der Waals surface area contributed by atoms with Crippen molar-refractivity contribution in [1.82, 2.24) is 0 Å². The first-order chi connectivity index (χ1) is 6.27. The van der Waals surface area contributed by atoms with Crippen molar-refractivity contribution < 1.29 is 4.74 Å². The van der Waals surface area contributed by atoms with Crippen molar-refractivity contribution >= 4 is 0 Å². The van der Waals surface area contributed by atoms with Crippen LogP contribution >= 0.6 is 0 Å². The van der Waals surface area contributed by atoms with Crippen LogP contribution in [0.4, 0.5) is 0 Å². The first-order valence-corrected chi connectivity index (χ1v) is 4.89. The van der Waals surface area contributed by atoms with Crippen LogP contribution in [0.25, 0.3) is 0 Å². The third-order valence-corrected chi connectivity index (χ3v) is 2.31. The normalized spacial score (nSPS) is 12.8. The average Bonchev–Trinajstić information content (AvgIpc) is 2.18. The second kappa shape index (κ2) is 5.03. The minimum atomic E-state index is 0.205. The Balaban J connectivity index is 2.78. The van der Waals surface area contributed by atoms with E-state index in [-0.39, 0.29) is 6.10 Å². The lowest BCUT2D eigenvalue weighted by molar-refractivity contribution is 0.119. The van der Waals surface area contributed by atoms with Crippen LogP contribution in [0.15, 0.2) is 24.3 Å². The highest BCUT2D eigenvalue weighted by Gasteiger charge is 2.03. The summed E-state index contributed by atoms with van der Waals surface area (Å²) in [6.45, 7) is 4.28. The van der Waals surface area contributed by atoms with Gasteiger partial charge in [-0.25, -0.2) is 0 Å². The molecule has 0 aromatic heterocycles. The number of hydrogen-bond acceptors (Lipinski definition) is 1. The van der Waals surface area contributed by atoms with E-state index < -0.39 is 0 Å². The van der Waals surface area contributed by atoms with Crippen molar-refractivity contribution in [2.45, 2.75) is 32.8 Å². The van der Waals surface area contributed by atoms with Crippen LogP contribution < -0.4 is 0 Å². The zero-order chi connectivity index (χ0) is 9.68. The first-order valence-electron chi connectivity index (χ1n) is 4.89. The molecule has 1 aromatic rings. The smallest absolute Gasteiger partial charge is 0.0793 e. The van der Waals surface area contributed by atoms with Crippen molar-refractivity contribution in [3.63, 3.8) is 0 Å². The van der Waals surface area contributed by atoms with Crippen molar-refractivity contribution in [3.05, 3.63) is 35.4 Å². The minimum Gasteiger partial charge on any atom is -0.377 e. The highest BCUT2D eigenvalue weighted by molar-refractivity contribution is 5.25. The molecular weight excluding hydrogens is 160 g/mol. The first kappa shape index (κ1) is 10.3.